The molecule has 0 spiro atoms. The summed E-state index contributed by atoms with van der Waals surface area (Å²) in [6.45, 7) is 3.54. The van der Waals surface area contributed by atoms with Gasteiger partial charge in [0.1, 0.15) is 0 Å². The minimum absolute atomic E-state index is 0.309. The van der Waals surface area contributed by atoms with Crippen molar-refractivity contribution in [1.82, 2.24) is 5.32 Å². The van der Waals surface area contributed by atoms with E-state index in [2.05, 4.69) is 12.2 Å². The van der Waals surface area contributed by atoms with E-state index < -0.39 is 0 Å². The van der Waals surface area contributed by atoms with Crippen LogP contribution in [0.4, 0.5) is 0 Å². The largest absolute Gasteiger partial charge is 0.396 e. The van der Waals surface area contributed by atoms with Gasteiger partial charge in [-0.05, 0) is 32.2 Å². The van der Waals surface area contributed by atoms with Crippen molar-refractivity contribution in [3.63, 3.8) is 0 Å². The average Bonchev–Trinajstić information content (AvgIpc) is 2.20. The Kier molecular flexibility index (Phi) is 6.20. The molecule has 2 N–H and O–H groups in total. The first-order valence-electron chi connectivity index (χ1n) is 6.17. The van der Waals surface area contributed by atoms with Gasteiger partial charge < -0.3 is 10.4 Å². The van der Waals surface area contributed by atoms with E-state index in [1.54, 1.807) is 0 Å². The summed E-state index contributed by atoms with van der Waals surface area (Å²) < 4.78 is 0. The van der Waals surface area contributed by atoms with Crippen molar-refractivity contribution in [3.8, 4) is 0 Å². The maximum absolute atomic E-state index is 8.66. The van der Waals surface area contributed by atoms with E-state index in [9.17, 15) is 0 Å². The lowest BCUT2D eigenvalue weighted by Gasteiger charge is -2.25. The number of aliphatic hydroxyl groups excluding tert-OH is 1. The number of hydrogen-bond donors (Lipinski definition) is 2. The molecule has 1 atom stereocenters. The second-order valence-electron chi connectivity index (χ2n) is 4.67. The maximum atomic E-state index is 8.66. The lowest BCUT2D eigenvalue weighted by atomic mass is 9.85. The van der Waals surface area contributed by atoms with Gasteiger partial charge in [0.2, 0.25) is 0 Å². The molecule has 1 aliphatic rings. The zero-order chi connectivity index (χ0) is 10.2. The van der Waals surface area contributed by atoms with Crippen LogP contribution in [-0.2, 0) is 0 Å². The summed E-state index contributed by atoms with van der Waals surface area (Å²) >= 11 is 0. The topological polar surface area (TPSA) is 32.3 Å². The predicted octanol–water partition coefficient (Wildman–Crippen LogP) is 2.32. The third-order valence-corrected chi connectivity index (χ3v) is 3.24. The molecule has 84 valence electrons. The number of rotatable bonds is 6. The Bertz CT molecular complexity index is 132. The van der Waals surface area contributed by atoms with Crippen LogP contribution in [0, 0.1) is 5.92 Å². The highest BCUT2D eigenvalue weighted by atomic mass is 16.3. The van der Waals surface area contributed by atoms with E-state index in [4.69, 9.17) is 5.11 Å². The standard InChI is InChI=1S/C12H25NO/c1-11(13-8-5-9-14)10-12-6-3-2-4-7-12/h11-14H,2-10H2,1H3. The fourth-order valence-electron chi connectivity index (χ4n) is 2.43. The summed E-state index contributed by atoms with van der Waals surface area (Å²) in [7, 11) is 0. The van der Waals surface area contributed by atoms with Gasteiger partial charge >= 0.3 is 0 Å². The molecule has 0 aromatic rings. The van der Waals surface area contributed by atoms with E-state index in [0.717, 1.165) is 18.9 Å². The fraction of sp³-hybridized carbons (Fsp3) is 1.00. The molecule has 0 aliphatic heterocycles. The molecule has 1 rings (SSSR count). The second-order valence-corrected chi connectivity index (χ2v) is 4.67. The first-order valence-corrected chi connectivity index (χ1v) is 6.17. The van der Waals surface area contributed by atoms with Gasteiger partial charge in [-0.25, -0.2) is 0 Å². The zero-order valence-electron chi connectivity index (χ0n) is 9.47. The van der Waals surface area contributed by atoms with Crippen LogP contribution in [0.3, 0.4) is 0 Å². The van der Waals surface area contributed by atoms with Crippen LogP contribution < -0.4 is 5.32 Å². The molecule has 14 heavy (non-hydrogen) atoms. The van der Waals surface area contributed by atoms with Gasteiger partial charge in [-0.2, -0.15) is 0 Å². The van der Waals surface area contributed by atoms with Crippen molar-refractivity contribution in [2.45, 2.75) is 57.9 Å². The summed E-state index contributed by atoms with van der Waals surface area (Å²) in [4.78, 5) is 0. The van der Waals surface area contributed by atoms with Gasteiger partial charge in [0.25, 0.3) is 0 Å². The third-order valence-electron chi connectivity index (χ3n) is 3.24. The number of aliphatic hydroxyl groups is 1. The Morgan fingerprint density at radius 2 is 2.00 bits per heavy atom. The quantitative estimate of drug-likeness (QED) is 0.643. The van der Waals surface area contributed by atoms with E-state index >= 15 is 0 Å². The first-order chi connectivity index (χ1) is 6.83. The average molecular weight is 199 g/mol. The molecule has 1 saturated carbocycles. The minimum Gasteiger partial charge on any atom is -0.396 e. The first kappa shape index (κ1) is 12.0. The summed E-state index contributed by atoms with van der Waals surface area (Å²) in [6.07, 6.45) is 9.41. The summed E-state index contributed by atoms with van der Waals surface area (Å²) in [5, 5.41) is 12.1. The summed E-state index contributed by atoms with van der Waals surface area (Å²) in [5.74, 6) is 0.959. The van der Waals surface area contributed by atoms with E-state index in [-0.39, 0.29) is 0 Å². The van der Waals surface area contributed by atoms with Crippen LogP contribution in [0.25, 0.3) is 0 Å². The van der Waals surface area contributed by atoms with Crippen LogP contribution in [-0.4, -0.2) is 24.3 Å². The Morgan fingerprint density at radius 3 is 2.64 bits per heavy atom. The van der Waals surface area contributed by atoms with E-state index in [1.807, 2.05) is 0 Å². The van der Waals surface area contributed by atoms with Gasteiger partial charge in [-0.15, -0.1) is 0 Å². The molecule has 0 saturated heterocycles. The van der Waals surface area contributed by atoms with Crippen LogP contribution >= 0.6 is 0 Å². The van der Waals surface area contributed by atoms with Crippen LogP contribution in [0.15, 0.2) is 0 Å². The Labute approximate surface area is 88.1 Å². The summed E-state index contributed by atoms with van der Waals surface area (Å²) in [6, 6.07) is 0.629. The van der Waals surface area contributed by atoms with Crippen molar-refractivity contribution in [3.05, 3.63) is 0 Å². The smallest absolute Gasteiger partial charge is 0.0443 e. The molecule has 0 heterocycles. The fourth-order valence-corrected chi connectivity index (χ4v) is 2.43. The minimum atomic E-state index is 0.309. The molecule has 0 aromatic carbocycles. The molecular formula is C12H25NO. The Hall–Kier alpha value is -0.0800. The number of nitrogens with one attached hydrogen (secondary N) is 1. The van der Waals surface area contributed by atoms with Gasteiger partial charge in [0.05, 0.1) is 0 Å². The number of hydrogen-bond acceptors (Lipinski definition) is 2. The van der Waals surface area contributed by atoms with E-state index in [0.29, 0.717) is 12.6 Å². The SMILES string of the molecule is CC(CC1CCCCC1)NCCCO. The Morgan fingerprint density at radius 1 is 1.29 bits per heavy atom. The highest BCUT2D eigenvalue weighted by molar-refractivity contribution is 4.71. The molecule has 1 unspecified atom stereocenters. The van der Waals surface area contributed by atoms with Crippen LogP contribution in [0.2, 0.25) is 0 Å². The second kappa shape index (κ2) is 7.24. The van der Waals surface area contributed by atoms with Crippen molar-refractivity contribution in [1.29, 1.82) is 0 Å². The molecule has 1 fully saturated rings. The molecule has 2 nitrogen and oxygen atoms in total. The molecule has 0 aromatic heterocycles. The van der Waals surface area contributed by atoms with E-state index in [1.165, 1.54) is 38.5 Å². The van der Waals surface area contributed by atoms with Crippen LogP contribution in [0.5, 0.6) is 0 Å². The Balaban J connectivity index is 2.03. The van der Waals surface area contributed by atoms with Gasteiger partial charge in [-0.3, -0.25) is 0 Å². The van der Waals surface area contributed by atoms with Crippen LogP contribution in [0.1, 0.15) is 51.9 Å². The van der Waals surface area contributed by atoms with Crippen molar-refractivity contribution in [2.75, 3.05) is 13.2 Å². The molecule has 1 aliphatic carbocycles. The normalized spacial score (nSPS) is 21.0. The van der Waals surface area contributed by atoms with Crippen molar-refractivity contribution >= 4 is 0 Å². The molecular weight excluding hydrogens is 174 g/mol. The van der Waals surface area contributed by atoms with Gasteiger partial charge in [0, 0.05) is 12.6 Å². The van der Waals surface area contributed by atoms with Gasteiger partial charge in [-0.1, -0.05) is 32.1 Å². The molecule has 0 amide bonds. The van der Waals surface area contributed by atoms with Crippen molar-refractivity contribution in [2.24, 2.45) is 5.92 Å². The highest BCUT2D eigenvalue weighted by Crippen LogP contribution is 2.27. The molecule has 0 radical (unpaired) electrons. The third kappa shape index (κ3) is 4.97. The molecule has 2 heteroatoms. The maximum Gasteiger partial charge on any atom is 0.0443 e. The van der Waals surface area contributed by atoms with Crippen molar-refractivity contribution < 1.29 is 5.11 Å². The van der Waals surface area contributed by atoms with Gasteiger partial charge in [0.15, 0.2) is 0 Å². The highest BCUT2D eigenvalue weighted by Gasteiger charge is 2.15. The lowest BCUT2D eigenvalue weighted by Crippen LogP contribution is -2.30. The summed E-state index contributed by atoms with van der Waals surface area (Å²) in [5.41, 5.74) is 0. The molecule has 0 bridgehead atoms. The lowest BCUT2D eigenvalue weighted by molar-refractivity contribution is 0.274. The zero-order valence-corrected chi connectivity index (χ0v) is 9.47. The predicted molar refractivity (Wildman–Crippen MR) is 60.4 cm³/mol. The monoisotopic (exact) mass is 199 g/mol.